The van der Waals surface area contributed by atoms with Crippen LogP contribution in [-0.2, 0) is 0 Å². The second-order valence-electron chi connectivity index (χ2n) is 3.40. The molecule has 0 aliphatic carbocycles. The molecule has 1 aromatic heterocycles. The van der Waals surface area contributed by atoms with Crippen molar-refractivity contribution in [1.29, 1.82) is 0 Å². The van der Waals surface area contributed by atoms with Crippen LogP contribution in [0.3, 0.4) is 0 Å². The summed E-state index contributed by atoms with van der Waals surface area (Å²) in [6, 6.07) is 0.147. The Kier molecular flexibility index (Phi) is 4.04. The number of hydrogen-bond acceptors (Lipinski definition) is 5. The van der Waals surface area contributed by atoms with E-state index in [-0.39, 0.29) is 11.9 Å². The molecule has 0 spiro atoms. The molecule has 0 saturated carbocycles. The van der Waals surface area contributed by atoms with Gasteiger partial charge in [0, 0.05) is 12.6 Å². The lowest BCUT2D eigenvalue weighted by Crippen LogP contribution is -2.27. The van der Waals surface area contributed by atoms with E-state index in [0.717, 1.165) is 12.8 Å². The average molecular weight is 213 g/mol. The highest BCUT2D eigenvalue weighted by Crippen LogP contribution is 1.94. The van der Waals surface area contributed by atoms with Crippen molar-refractivity contribution in [1.82, 2.24) is 15.2 Å². The van der Waals surface area contributed by atoms with Gasteiger partial charge in [0.25, 0.3) is 5.56 Å². The predicted octanol–water partition coefficient (Wildman–Crippen LogP) is -1.00. The molecule has 5 N–H and O–H groups in total. The van der Waals surface area contributed by atoms with Gasteiger partial charge in [-0.15, -0.1) is 5.10 Å². The zero-order valence-corrected chi connectivity index (χ0v) is 8.54. The molecule has 84 valence electrons. The van der Waals surface area contributed by atoms with E-state index in [9.17, 15) is 9.59 Å². The molecule has 1 unspecified atom stereocenters. The average Bonchev–Trinajstić information content (AvgIpc) is 2.14. The van der Waals surface area contributed by atoms with Crippen molar-refractivity contribution in [2.24, 2.45) is 5.73 Å². The summed E-state index contributed by atoms with van der Waals surface area (Å²) < 4.78 is 0. The van der Waals surface area contributed by atoms with E-state index in [1.807, 2.05) is 6.92 Å². The normalized spacial score (nSPS) is 12.4. The van der Waals surface area contributed by atoms with Gasteiger partial charge in [-0.3, -0.25) is 9.78 Å². The topological polar surface area (TPSA) is 117 Å². The highest BCUT2D eigenvalue weighted by molar-refractivity contribution is 5.28. The van der Waals surface area contributed by atoms with Crippen LogP contribution in [0.25, 0.3) is 0 Å². The van der Waals surface area contributed by atoms with E-state index in [0.29, 0.717) is 6.54 Å². The van der Waals surface area contributed by atoms with Gasteiger partial charge in [-0.2, -0.15) is 0 Å². The standard InChI is InChI=1S/C8H15N5O2/c1-5(9)3-2-4-10-6-7(14)11-8(15)13-12-6/h5H,2-4,9H2,1H3,(H,10,12)(H2,11,13,14,15). The monoisotopic (exact) mass is 213 g/mol. The summed E-state index contributed by atoms with van der Waals surface area (Å²) in [6.07, 6.45) is 1.71. The first-order chi connectivity index (χ1) is 7.09. The molecule has 0 aliphatic rings. The second-order valence-corrected chi connectivity index (χ2v) is 3.40. The quantitative estimate of drug-likeness (QED) is 0.468. The van der Waals surface area contributed by atoms with E-state index < -0.39 is 11.2 Å². The zero-order valence-electron chi connectivity index (χ0n) is 8.54. The number of H-pyrrole nitrogens is 2. The Morgan fingerprint density at radius 2 is 2.27 bits per heavy atom. The minimum Gasteiger partial charge on any atom is -0.364 e. The molecule has 0 aliphatic heterocycles. The Balaban J connectivity index is 2.45. The number of aromatic amines is 2. The van der Waals surface area contributed by atoms with Crippen LogP contribution < -0.4 is 22.3 Å². The van der Waals surface area contributed by atoms with Gasteiger partial charge in [0.15, 0.2) is 0 Å². The van der Waals surface area contributed by atoms with Gasteiger partial charge in [0.1, 0.15) is 0 Å². The van der Waals surface area contributed by atoms with Crippen LogP contribution >= 0.6 is 0 Å². The molecule has 0 aromatic carbocycles. The maximum atomic E-state index is 11.1. The number of nitrogens with two attached hydrogens (primary N) is 1. The molecule has 15 heavy (non-hydrogen) atoms. The van der Waals surface area contributed by atoms with Gasteiger partial charge in [0.2, 0.25) is 5.82 Å². The van der Waals surface area contributed by atoms with E-state index in [2.05, 4.69) is 20.5 Å². The van der Waals surface area contributed by atoms with E-state index >= 15 is 0 Å². The minimum atomic E-state index is -0.610. The Morgan fingerprint density at radius 3 is 2.87 bits per heavy atom. The molecule has 0 saturated heterocycles. The first-order valence-electron chi connectivity index (χ1n) is 4.78. The number of hydrogen-bond donors (Lipinski definition) is 4. The van der Waals surface area contributed by atoms with Gasteiger partial charge < -0.3 is 11.1 Å². The number of anilines is 1. The Bertz CT molecular complexity index is 408. The summed E-state index contributed by atoms with van der Waals surface area (Å²) in [4.78, 5) is 23.9. The van der Waals surface area contributed by atoms with Crippen LogP contribution in [0, 0.1) is 0 Å². The fourth-order valence-corrected chi connectivity index (χ4v) is 1.10. The first-order valence-corrected chi connectivity index (χ1v) is 4.78. The van der Waals surface area contributed by atoms with Gasteiger partial charge in [0.05, 0.1) is 0 Å². The second kappa shape index (κ2) is 5.30. The maximum absolute atomic E-state index is 11.1. The van der Waals surface area contributed by atoms with Crippen molar-refractivity contribution >= 4 is 5.82 Å². The molecule has 0 radical (unpaired) electrons. The van der Waals surface area contributed by atoms with Crippen molar-refractivity contribution in [3.63, 3.8) is 0 Å². The lowest BCUT2D eigenvalue weighted by molar-refractivity contribution is 0.638. The summed E-state index contributed by atoms with van der Waals surface area (Å²) in [7, 11) is 0. The van der Waals surface area contributed by atoms with Gasteiger partial charge >= 0.3 is 5.69 Å². The first kappa shape index (κ1) is 11.4. The SMILES string of the molecule is CC(N)CCCNc1n[nH]c(=O)[nH]c1=O. The van der Waals surface area contributed by atoms with E-state index in [1.165, 1.54) is 0 Å². The summed E-state index contributed by atoms with van der Waals surface area (Å²) in [5.74, 6) is 0.124. The zero-order chi connectivity index (χ0) is 11.3. The molecular formula is C8H15N5O2. The molecule has 7 heteroatoms. The highest BCUT2D eigenvalue weighted by atomic mass is 16.2. The van der Waals surface area contributed by atoms with Crippen molar-refractivity contribution in [2.75, 3.05) is 11.9 Å². The van der Waals surface area contributed by atoms with Gasteiger partial charge in [-0.1, -0.05) is 0 Å². The predicted molar refractivity (Wildman–Crippen MR) is 56.9 cm³/mol. The molecule has 1 rings (SSSR count). The third-order valence-corrected chi connectivity index (χ3v) is 1.84. The fourth-order valence-electron chi connectivity index (χ4n) is 1.10. The molecule has 1 aromatic rings. The third kappa shape index (κ3) is 3.94. The van der Waals surface area contributed by atoms with Crippen molar-refractivity contribution in [3.05, 3.63) is 20.8 Å². The number of nitrogens with one attached hydrogen (secondary N) is 3. The van der Waals surface area contributed by atoms with Gasteiger partial charge in [-0.05, 0) is 19.8 Å². The molecule has 1 heterocycles. The molecule has 0 amide bonds. The number of nitrogens with zero attached hydrogens (tertiary/aromatic N) is 1. The number of aromatic nitrogens is 3. The van der Waals surface area contributed by atoms with Crippen LogP contribution in [0.4, 0.5) is 5.82 Å². The lowest BCUT2D eigenvalue weighted by Gasteiger charge is -2.05. The summed E-state index contributed by atoms with van der Waals surface area (Å²) in [5.41, 5.74) is 4.44. The Morgan fingerprint density at radius 1 is 1.53 bits per heavy atom. The van der Waals surface area contributed by atoms with Crippen LogP contribution in [0.1, 0.15) is 19.8 Å². The molecule has 1 atom stereocenters. The summed E-state index contributed by atoms with van der Waals surface area (Å²) in [5, 5.41) is 8.53. The summed E-state index contributed by atoms with van der Waals surface area (Å²) >= 11 is 0. The van der Waals surface area contributed by atoms with Crippen LogP contribution in [-0.4, -0.2) is 27.8 Å². The minimum absolute atomic E-state index is 0.124. The van der Waals surface area contributed by atoms with Gasteiger partial charge in [-0.25, -0.2) is 9.89 Å². The largest absolute Gasteiger partial charge is 0.364 e. The third-order valence-electron chi connectivity index (χ3n) is 1.84. The van der Waals surface area contributed by atoms with Crippen molar-refractivity contribution in [2.45, 2.75) is 25.8 Å². The van der Waals surface area contributed by atoms with E-state index in [4.69, 9.17) is 5.73 Å². The summed E-state index contributed by atoms with van der Waals surface area (Å²) in [6.45, 7) is 2.52. The van der Waals surface area contributed by atoms with Crippen LogP contribution in [0.5, 0.6) is 0 Å². The van der Waals surface area contributed by atoms with Crippen LogP contribution in [0.2, 0.25) is 0 Å². The van der Waals surface area contributed by atoms with Crippen molar-refractivity contribution < 1.29 is 0 Å². The fraction of sp³-hybridized carbons (Fsp3) is 0.625. The van der Waals surface area contributed by atoms with E-state index in [1.54, 1.807) is 0 Å². The molecule has 0 fully saturated rings. The lowest BCUT2D eigenvalue weighted by atomic mass is 10.2. The highest BCUT2D eigenvalue weighted by Gasteiger charge is 2.00. The molecule has 0 bridgehead atoms. The Labute approximate surface area is 86.1 Å². The van der Waals surface area contributed by atoms with Crippen molar-refractivity contribution in [3.8, 4) is 0 Å². The van der Waals surface area contributed by atoms with Crippen LogP contribution in [0.15, 0.2) is 9.59 Å². The maximum Gasteiger partial charge on any atom is 0.342 e. The Hall–Kier alpha value is -1.63. The smallest absolute Gasteiger partial charge is 0.342 e. The number of rotatable bonds is 5. The molecular weight excluding hydrogens is 198 g/mol. The molecule has 7 nitrogen and oxygen atoms in total.